The number of aromatic nitrogens is 1. The van der Waals surface area contributed by atoms with Crippen LogP contribution in [0.4, 0.5) is 0 Å². The lowest BCUT2D eigenvalue weighted by Crippen LogP contribution is -2.32. The van der Waals surface area contributed by atoms with E-state index in [4.69, 9.17) is 32.6 Å². The minimum absolute atomic E-state index is 0.157. The van der Waals surface area contributed by atoms with E-state index in [-0.39, 0.29) is 22.6 Å². The summed E-state index contributed by atoms with van der Waals surface area (Å²) in [5.41, 5.74) is 0.550. The van der Waals surface area contributed by atoms with Crippen LogP contribution >= 0.6 is 23.2 Å². The number of hydrogen-bond donors (Lipinski definition) is 0. The summed E-state index contributed by atoms with van der Waals surface area (Å²) in [7, 11) is 0. The fourth-order valence-corrected chi connectivity index (χ4v) is 3.07. The third-order valence-corrected chi connectivity index (χ3v) is 4.39. The lowest BCUT2D eigenvalue weighted by Gasteiger charge is -2.11. The standard InChI is InChI=1S/C18H8Cl2N2O5/c19-9-5-6-12(13(20)7-9)15-8-14(21-26-15)18(25)27-22-16(23)10-3-1-2-4-11(10)17(22)24/h1-8H. The van der Waals surface area contributed by atoms with E-state index in [1.54, 1.807) is 24.3 Å². The third kappa shape index (κ3) is 2.97. The molecule has 2 amide bonds. The van der Waals surface area contributed by atoms with Gasteiger partial charge in [0.15, 0.2) is 11.5 Å². The molecule has 1 aliphatic heterocycles. The lowest BCUT2D eigenvalue weighted by molar-refractivity contribution is -0.0590. The first kappa shape index (κ1) is 17.3. The van der Waals surface area contributed by atoms with Crippen LogP contribution in [-0.4, -0.2) is 28.0 Å². The summed E-state index contributed by atoms with van der Waals surface area (Å²) in [5.74, 6) is -2.28. The number of halogens is 2. The summed E-state index contributed by atoms with van der Waals surface area (Å²) in [6, 6.07) is 12.2. The van der Waals surface area contributed by atoms with E-state index < -0.39 is 17.8 Å². The highest BCUT2D eigenvalue weighted by Gasteiger charge is 2.39. The Labute approximate surface area is 162 Å². The molecule has 3 aromatic rings. The Morgan fingerprint density at radius 3 is 2.26 bits per heavy atom. The first-order chi connectivity index (χ1) is 13.0. The number of rotatable bonds is 3. The number of hydroxylamine groups is 2. The normalized spacial score (nSPS) is 13.0. The van der Waals surface area contributed by atoms with Crippen LogP contribution in [0.25, 0.3) is 11.3 Å². The molecule has 0 radical (unpaired) electrons. The number of imide groups is 1. The molecule has 0 bridgehead atoms. The maximum atomic E-state index is 12.3. The molecule has 1 aromatic heterocycles. The summed E-state index contributed by atoms with van der Waals surface area (Å²) in [6.07, 6.45) is 0. The van der Waals surface area contributed by atoms with Crippen molar-refractivity contribution < 1.29 is 23.7 Å². The van der Waals surface area contributed by atoms with Crippen LogP contribution < -0.4 is 0 Å². The summed E-state index contributed by atoms with van der Waals surface area (Å²) in [5, 5.41) is 4.75. The van der Waals surface area contributed by atoms with Crippen molar-refractivity contribution in [2.24, 2.45) is 0 Å². The van der Waals surface area contributed by atoms with Crippen molar-refractivity contribution >= 4 is 41.0 Å². The molecule has 7 nitrogen and oxygen atoms in total. The monoisotopic (exact) mass is 402 g/mol. The Bertz CT molecular complexity index is 1070. The molecule has 9 heteroatoms. The predicted octanol–water partition coefficient (Wildman–Crippen LogP) is 4.02. The molecule has 2 heterocycles. The van der Waals surface area contributed by atoms with Gasteiger partial charge in [0.25, 0.3) is 11.8 Å². The minimum Gasteiger partial charge on any atom is -0.355 e. The minimum atomic E-state index is -1.02. The largest absolute Gasteiger partial charge is 0.385 e. The van der Waals surface area contributed by atoms with Gasteiger partial charge in [0.1, 0.15) is 0 Å². The highest BCUT2D eigenvalue weighted by molar-refractivity contribution is 6.36. The highest BCUT2D eigenvalue weighted by Crippen LogP contribution is 2.31. The Balaban J connectivity index is 1.56. The van der Waals surface area contributed by atoms with Crippen molar-refractivity contribution in [1.29, 1.82) is 0 Å². The number of nitrogens with zero attached hydrogens (tertiary/aromatic N) is 2. The van der Waals surface area contributed by atoms with Gasteiger partial charge in [0.05, 0.1) is 16.1 Å². The van der Waals surface area contributed by atoms with Gasteiger partial charge in [-0.2, -0.15) is 0 Å². The molecule has 27 heavy (non-hydrogen) atoms. The van der Waals surface area contributed by atoms with Crippen molar-refractivity contribution in [3.8, 4) is 11.3 Å². The van der Waals surface area contributed by atoms with Gasteiger partial charge < -0.3 is 9.36 Å². The second-order valence-corrected chi connectivity index (χ2v) is 6.37. The molecular weight excluding hydrogens is 395 g/mol. The average molecular weight is 403 g/mol. The van der Waals surface area contributed by atoms with Gasteiger partial charge >= 0.3 is 5.97 Å². The molecule has 0 saturated carbocycles. The van der Waals surface area contributed by atoms with Gasteiger partial charge in [-0.15, -0.1) is 0 Å². The second-order valence-electron chi connectivity index (χ2n) is 5.53. The van der Waals surface area contributed by atoms with Crippen molar-refractivity contribution in [3.05, 3.63) is 75.4 Å². The zero-order valence-corrected chi connectivity index (χ0v) is 14.8. The highest BCUT2D eigenvalue weighted by atomic mass is 35.5. The maximum Gasteiger partial charge on any atom is 0.385 e. The first-order valence-corrected chi connectivity index (χ1v) is 8.33. The van der Waals surface area contributed by atoms with Gasteiger partial charge in [-0.05, 0) is 30.3 Å². The van der Waals surface area contributed by atoms with Crippen molar-refractivity contribution in [2.75, 3.05) is 0 Å². The molecule has 134 valence electrons. The van der Waals surface area contributed by atoms with E-state index in [0.29, 0.717) is 20.7 Å². The third-order valence-electron chi connectivity index (χ3n) is 3.85. The number of benzene rings is 2. The Kier molecular flexibility index (Phi) is 4.18. The zero-order chi connectivity index (χ0) is 19.1. The van der Waals surface area contributed by atoms with E-state index >= 15 is 0 Å². The molecule has 0 spiro atoms. The molecule has 0 saturated heterocycles. The summed E-state index contributed by atoms with van der Waals surface area (Å²) in [6.45, 7) is 0. The number of fused-ring (bicyclic) bond motifs is 1. The summed E-state index contributed by atoms with van der Waals surface area (Å²) < 4.78 is 5.11. The lowest BCUT2D eigenvalue weighted by atomic mass is 10.1. The van der Waals surface area contributed by atoms with Gasteiger partial charge in [0, 0.05) is 16.7 Å². The van der Waals surface area contributed by atoms with Crippen molar-refractivity contribution in [1.82, 2.24) is 10.2 Å². The van der Waals surface area contributed by atoms with Crippen LogP contribution in [0.1, 0.15) is 31.2 Å². The molecule has 1 aliphatic rings. The smallest absolute Gasteiger partial charge is 0.355 e. The van der Waals surface area contributed by atoms with E-state index in [1.807, 2.05) is 0 Å². The molecule has 2 aromatic carbocycles. The van der Waals surface area contributed by atoms with E-state index in [9.17, 15) is 14.4 Å². The van der Waals surface area contributed by atoms with Gasteiger partial charge in [-0.3, -0.25) is 9.59 Å². The van der Waals surface area contributed by atoms with Crippen molar-refractivity contribution in [3.63, 3.8) is 0 Å². The van der Waals surface area contributed by atoms with Gasteiger partial charge in [-0.1, -0.05) is 45.6 Å². The van der Waals surface area contributed by atoms with E-state index in [2.05, 4.69) is 5.16 Å². The molecule has 0 fully saturated rings. The number of hydrogen-bond acceptors (Lipinski definition) is 6. The second kappa shape index (κ2) is 6.53. The van der Waals surface area contributed by atoms with Crippen molar-refractivity contribution in [2.45, 2.75) is 0 Å². The van der Waals surface area contributed by atoms with E-state index in [0.717, 1.165) is 0 Å². The van der Waals surface area contributed by atoms with Gasteiger partial charge in [0.2, 0.25) is 0 Å². The molecule has 0 aliphatic carbocycles. The van der Waals surface area contributed by atoms with Crippen LogP contribution in [0, 0.1) is 0 Å². The van der Waals surface area contributed by atoms with Crippen LogP contribution in [0.3, 0.4) is 0 Å². The first-order valence-electron chi connectivity index (χ1n) is 7.58. The number of amides is 2. The van der Waals surface area contributed by atoms with Gasteiger partial charge in [-0.25, -0.2) is 4.79 Å². The van der Waals surface area contributed by atoms with Crippen LogP contribution in [0.5, 0.6) is 0 Å². The fourth-order valence-electron chi connectivity index (χ4n) is 2.57. The maximum absolute atomic E-state index is 12.3. The van der Waals surface area contributed by atoms with Crippen LogP contribution in [0.15, 0.2) is 53.1 Å². The number of carbonyl (C=O) groups is 3. The Morgan fingerprint density at radius 2 is 1.63 bits per heavy atom. The summed E-state index contributed by atoms with van der Waals surface area (Å²) >= 11 is 11.9. The average Bonchev–Trinajstić information content (AvgIpc) is 3.22. The van der Waals surface area contributed by atoms with Crippen LogP contribution in [0.2, 0.25) is 10.0 Å². The topological polar surface area (TPSA) is 89.7 Å². The SMILES string of the molecule is O=C(ON1C(=O)c2ccccc2C1=O)c1cc(-c2ccc(Cl)cc2Cl)on1. The zero-order valence-electron chi connectivity index (χ0n) is 13.3. The fraction of sp³-hybridized carbons (Fsp3) is 0. The predicted molar refractivity (Wildman–Crippen MR) is 94.3 cm³/mol. The summed E-state index contributed by atoms with van der Waals surface area (Å²) in [4.78, 5) is 41.7. The Morgan fingerprint density at radius 1 is 0.963 bits per heavy atom. The van der Waals surface area contributed by atoms with E-state index in [1.165, 1.54) is 24.3 Å². The number of carbonyl (C=O) groups excluding carboxylic acids is 3. The quantitative estimate of drug-likeness (QED) is 0.614. The molecule has 0 unspecified atom stereocenters. The molecule has 0 N–H and O–H groups in total. The molecule has 4 rings (SSSR count). The molecular formula is C18H8Cl2N2O5. The Hall–Kier alpha value is -3.16. The molecule has 0 atom stereocenters. The van der Waals surface area contributed by atoms with Crippen LogP contribution in [-0.2, 0) is 4.84 Å².